The molecular formula is C12H23N3O2S. The Hall–Kier alpha value is -0.880. The Labute approximate surface area is 110 Å². The summed E-state index contributed by atoms with van der Waals surface area (Å²) in [7, 11) is -3.47. The molecule has 0 aliphatic heterocycles. The maximum atomic E-state index is 12.5. The summed E-state index contributed by atoms with van der Waals surface area (Å²) in [6.45, 7) is 10.2. The van der Waals surface area contributed by atoms with E-state index >= 15 is 0 Å². The van der Waals surface area contributed by atoms with Crippen molar-refractivity contribution in [1.29, 1.82) is 0 Å². The predicted octanol–water partition coefficient (Wildman–Crippen LogP) is 2.03. The van der Waals surface area contributed by atoms with Crippen LogP contribution in [-0.2, 0) is 16.4 Å². The fourth-order valence-electron chi connectivity index (χ4n) is 1.73. The van der Waals surface area contributed by atoms with Crippen LogP contribution >= 0.6 is 0 Å². The average Bonchev–Trinajstić information content (AvgIpc) is 2.74. The van der Waals surface area contributed by atoms with Crippen molar-refractivity contribution in [2.45, 2.75) is 52.1 Å². The molecule has 6 heteroatoms. The van der Waals surface area contributed by atoms with Crippen molar-refractivity contribution in [2.75, 3.05) is 6.54 Å². The van der Waals surface area contributed by atoms with Crippen molar-refractivity contribution >= 4 is 10.0 Å². The Balaban J connectivity index is 3.08. The first-order valence-electron chi connectivity index (χ1n) is 6.34. The Morgan fingerprint density at radius 1 is 1.33 bits per heavy atom. The maximum absolute atomic E-state index is 12.5. The van der Waals surface area contributed by atoms with Crippen LogP contribution < -0.4 is 0 Å². The smallest absolute Gasteiger partial charge is 0.260 e. The fraction of sp³-hybridized carbons (Fsp3) is 0.750. The van der Waals surface area contributed by atoms with Crippen LogP contribution in [0.5, 0.6) is 0 Å². The summed E-state index contributed by atoms with van der Waals surface area (Å²) in [5, 5.41) is 0.189. The number of sulfonamides is 1. The highest BCUT2D eigenvalue weighted by Crippen LogP contribution is 2.18. The summed E-state index contributed by atoms with van der Waals surface area (Å²) < 4.78 is 26.5. The van der Waals surface area contributed by atoms with Crippen molar-refractivity contribution in [2.24, 2.45) is 5.92 Å². The van der Waals surface area contributed by atoms with E-state index in [1.54, 1.807) is 0 Å². The first-order valence-corrected chi connectivity index (χ1v) is 7.78. The second-order valence-electron chi connectivity index (χ2n) is 5.11. The first kappa shape index (κ1) is 15.2. The normalized spacial score (nSPS) is 12.9. The molecule has 0 radical (unpaired) electrons. The quantitative estimate of drug-likeness (QED) is 0.862. The molecule has 0 atom stereocenters. The van der Waals surface area contributed by atoms with Crippen molar-refractivity contribution in [3.63, 3.8) is 0 Å². The van der Waals surface area contributed by atoms with Gasteiger partial charge in [0.25, 0.3) is 10.0 Å². The number of aromatic nitrogens is 2. The molecule has 0 bridgehead atoms. The molecule has 0 saturated heterocycles. The summed E-state index contributed by atoms with van der Waals surface area (Å²) in [5.41, 5.74) is 0. The molecule has 0 aliphatic carbocycles. The van der Waals surface area contributed by atoms with Gasteiger partial charge in [-0.25, -0.2) is 13.4 Å². The van der Waals surface area contributed by atoms with Gasteiger partial charge in [-0.2, -0.15) is 4.31 Å². The first-order chi connectivity index (χ1) is 8.28. The molecule has 0 aromatic carbocycles. The largest absolute Gasteiger partial charge is 0.332 e. The van der Waals surface area contributed by atoms with Gasteiger partial charge in [-0.1, -0.05) is 20.8 Å². The van der Waals surface area contributed by atoms with E-state index < -0.39 is 10.0 Å². The molecular weight excluding hydrogens is 250 g/mol. The molecule has 0 aliphatic rings. The summed E-state index contributed by atoms with van der Waals surface area (Å²) in [6, 6.07) is -0.0641. The lowest BCUT2D eigenvalue weighted by molar-refractivity contribution is 0.318. The third-order valence-corrected chi connectivity index (χ3v) is 4.60. The molecule has 0 unspecified atom stereocenters. The molecule has 1 aromatic heterocycles. The van der Waals surface area contributed by atoms with Crippen LogP contribution in [-0.4, -0.2) is 35.3 Å². The number of rotatable bonds is 6. The molecule has 5 nitrogen and oxygen atoms in total. The van der Waals surface area contributed by atoms with Crippen LogP contribution in [0.25, 0.3) is 0 Å². The molecule has 1 N–H and O–H groups in total. The monoisotopic (exact) mass is 273 g/mol. The Morgan fingerprint density at radius 3 is 2.33 bits per heavy atom. The second-order valence-corrected chi connectivity index (χ2v) is 6.97. The molecule has 1 rings (SSSR count). The Kier molecular flexibility index (Phi) is 4.92. The van der Waals surface area contributed by atoms with Crippen molar-refractivity contribution in [3.05, 3.63) is 12.0 Å². The van der Waals surface area contributed by atoms with Gasteiger partial charge in [0.1, 0.15) is 5.82 Å². The zero-order chi connectivity index (χ0) is 13.9. The molecule has 0 spiro atoms. The number of nitrogens with zero attached hydrogens (tertiary/aromatic N) is 2. The highest BCUT2D eigenvalue weighted by molar-refractivity contribution is 7.89. The molecule has 0 saturated carbocycles. The third-order valence-electron chi connectivity index (χ3n) is 2.65. The van der Waals surface area contributed by atoms with Crippen LogP contribution in [0.2, 0.25) is 0 Å². The summed E-state index contributed by atoms with van der Waals surface area (Å²) >= 11 is 0. The topological polar surface area (TPSA) is 66.1 Å². The van der Waals surface area contributed by atoms with E-state index in [-0.39, 0.29) is 17.0 Å². The van der Waals surface area contributed by atoms with Gasteiger partial charge < -0.3 is 4.98 Å². The zero-order valence-corrected chi connectivity index (χ0v) is 12.6. The fourth-order valence-corrected chi connectivity index (χ4v) is 3.46. The minimum Gasteiger partial charge on any atom is -0.332 e. The third kappa shape index (κ3) is 3.32. The highest BCUT2D eigenvalue weighted by Gasteiger charge is 2.29. The van der Waals surface area contributed by atoms with E-state index in [1.165, 1.54) is 10.5 Å². The number of hydrogen-bond donors (Lipinski definition) is 1. The molecule has 0 fully saturated rings. The van der Waals surface area contributed by atoms with E-state index in [0.29, 0.717) is 18.8 Å². The molecule has 18 heavy (non-hydrogen) atoms. The lowest BCUT2D eigenvalue weighted by atomic mass is 10.2. The van der Waals surface area contributed by atoms with Gasteiger partial charge in [-0.05, 0) is 19.8 Å². The number of nitrogens with one attached hydrogen (secondary N) is 1. The van der Waals surface area contributed by atoms with Crippen LogP contribution in [0, 0.1) is 5.92 Å². The molecule has 104 valence electrons. The standard InChI is InChI=1S/C12H23N3O2S/c1-6-11-13-7-12(14-11)18(16,17)15(10(4)5)8-9(2)3/h7,9-10H,6,8H2,1-5H3,(H,13,14). The summed E-state index contributed by atoms with van der Waals surface area (Å²) in [4.78, 5) is 6.93. The van der Waals surface area contributed by atoms with Crippen LogP contribution in [0.15, 0.2) is 11.2 Å². The zero-order valence-electron chi connectivity index (χ0n) is 11.8. The summed E-state index contributed by atoms with van der Waals surface area (Å²) in [5.74, 6) is 0.984. The number of aromatic amines is 1. The minimum atomic E-state index is -3.47. The SMILES string of the molecule is CCc1ncc(S(=O)(=O)N(CC(C)C)C(C)C)[nH]1. The molecule has 0 amide bonds. The second kappa shape index (κ2) is 5.84. The van der Waals surface area contributed by atoms with Gasteiger partial charge in [-0.3, -0.25) is 0 Å². The van der Waals surface area contributed by atoms with Crippen LogP contribution in [0.4, 0.5) is 0 Å². The van der Waals surface area contributed by atoms with Gasteiger partial charge in [0.15, 0.2) is 5.03 Å². The van der Waals surface area contributed by atoms with Crippen molar-refractivity contribution in [1.82, 2.24) is 14.3 Å². The highest BCUT2D eigenvalue weighted by atomic mass is 32.2. The van der Waals surface area contributed by atoms with E-state index in [1.807, 2.05) is 34.6 Å². The van der Waals surface area contributed by atoms with Gasteiger partial charge in [0.2, 0.25) is 0 Å². The Morgan fingerprint density at radius 2 is 1.94 bits per heavy atom. The maximum Gasteiger partial charge on any atom is 0.260 e. The molecule has 1 aromatic rings. The lowest BCUT2D eigenvalue weighted by Gasteiger charge is -2.26. The van der Waals surface area contributed by atoms with Gasteiger partial charge in [-0.15, -0.1) is 0 Å². The number of aryl methyl sites for hydroxylation is 1. The number of hydrogen-bond acceptors (Lipinski definition) is 3. The average molecular weight is 273 g/mol. The van der Waals surface area contributed by atoms with Crippen molar-refractivity contribution in [3.8, 4) is 0 Å². The van der Waals surface area contributed by atoms with E-state index in [2.05, 4.69) is 9.97 Å². The number of H-pyrrole nitrogens is 1. The minimum absolute atomic E-state index is 0.0641. The van der Waals surface area contributed by atoms with Gasteiger partial charge >= 0.3 is 0 Å². The van der Waals surface area contributed by atoms with Crippen molar-refractivity contribution < 1.29 is 8.42 Å². The Bertz CT molecular complexity index is 477. The van der Waals surface area contributed by atoms with Crippen LogP contribution in [0.3, 0.4) is 0 Å². The predicted molar refractivity (Wildman–Crippen MR) is 71.8 cm³/mol. The van der Waals surface area contributed by atoms with Gasteiger partial charge in [0.05, 0.1) is 6.20 Å². The van der Waals surface area contributed by atoms with Gasteiger partial charge in [0, 0.05) is 19.0 Å². The van der Waals surface area contributed by atoms with E-state index in [4.69, 9.17) is 0 Å². The van der Waals surface area contributed by atoms with Crippen LogP contribution in [0.1, 0.15) is 40.4 Å². The lowest BCUT2D eigenvalue weighted by Crippen LogP contribution is -2.39. The molecule has 1 heterocycles. The summed E-state index contributed by atoms with van der Waals surface area (Å²) in [6.07, 6.45) is 2.10. The van der Waals surface area contributed by atoms with E-state index in [0.717, 1.165) is 0 Å². The van der Waals surface area contributed by atoms with E-state index in [9.17, 15) is 8.42 Å². The number of imidazole rings is 1.